The summed E-state index contributed by atoms with van der Waals surface area (Å²) >= 11 is 5.79. The average Bonchev–Trinajstić information content (AvgIpc) is 3.01. The molecule has 26 heavy (non-hydrogen) atoms. The maximum absolute atomic E-state index is 11.8. The molecule has 3 rings (SSSR count). The first-order valence-corrected chi connectivity index (χ1v) is 8.45. The highest BCUT2D eigenvalue weighted by molar-refractivity contribution is 6.29. The first kappa shape index (κ1) is 18.0. The number of nitrogens with one attached hydrogen (secondary N) is 1. The van der Waals surface area contributed by atoms with E-state index in [0.29, 0.717) is 18.8 Å². The van der Waals surface area contributed by atoms with Crippen LogP contribution >= 0.6 is 11.6 Å². The number of ether oxygens (including phenoxy) is 1. The number of halogens is 1. The highest BCUT2D eigenvalue weighted by Gasteiger charge is 2.24. The van der Waals surface area contributed by atoms with Gasteiger partial charge in [-0.25, -0.2) is 14.6 Å². The summed E-state index contributed by atoms with van der Waals surface area (Å²) in [5, 5.41) is 12.6. The smallest absolute Gasteiger partial charge is 0.414 e. The van der Waals surface area contributed by atoms with Crippen LogP contribution in [0.4, 0.5) is 16.2 Å². The number of rotatable bonds is 5. The van der Waals surface area contributed by atoms with Crippen molar-refractivity contribution in [2.24, 2.45) is 0 Å². The van der Waals surface area contributed by atoms with Crippen molar-refractivity contribution in [3.8, 4) is 0 Å². The maximum Gasteiger partial charge on any atom is 0.414 e. The fourth-order valence-electron chi connectivity index (χ4n) is 2.86. The van der Waals surface area contributed by atoms with Gasteiger partial charge in [0.05, 0.1) is 12.2 Å². The predicted molar refractivity (Wildman–Crippen MR) is 98.1 cm³/mol. The molecule has 2 aromatic rings. The molecule has 1 atom stereocenters. The van der Waals surface area contributed by atoms with Gasteiger partial charge in [0.1, 0.15) is 11.8 Å². The number of carboxylic acids is 1. The van der Waals surface area contributed by atoms with Gasteiger partial charge in [-0.3, -0.25) is 4.90 Å². The lowest BCUT2D eigenvalue weighted by Crippen LogP contribution is -2.23. The minimum Gasteiger partial charge on any atom is -0.476 e. The fourth-order valence-corrected chi connectivity index (χ4v) is 3.00. The van der Waals surface area contributed by atoms with E-state index in [1.165, 1.54) is 6.07 Å². The van der Waals surface area contributed by atoms with Crippen LogP contribution in [-0.2, 0) is 4.74 Å². The molecular weight excluding hydrogens is 358 g/mol. The predicted octanol–water partition coefficient (Wildman–Crippen LogP) is 3.87. The quantitative estimate of drug-likeness (QED) is 0.771. The topological polar surface area (TPSA) is 91.8 Å². The second kappa shape index (κ2) is 7.21. The third kappa shape index (κ3) is 3.72. The van der Waals surface area contributed by atoms with Gasteiger partial charge in [-0.05, 0) is 49.2 Å². The molecule has 136 valence electrons. The number of carbonyl (C=O) groups is 2. The summed E-state index contributed by atoms with van der Waals surface area (Å²) in [5.41, 5.74) is 2.88. The molecule has 0 spiro atoms. The summed E-state index contributed by atoms with van der Waals surface area (Å²) in [6, 6.07) is 8.69. The third-order valence-corrected chi connectivity index (χ3v) is 4.30. The van der Waals surface area contributed by atoms with Crippen molar-refractivity contribution in [2.75, 3.05) is 23.4 Å². The highest BCUT2D eigenvalue weighted by Crippen LogP contribution is 2.28. The molecule has 0 bridgehead atoms. The third-order valence-electron chi connectivity index (χ3n) is 4.09. The summed E-state index contributed by atoms with van der Waals surface area (Å²) in [5.74, 6) is -1.16. The van der Waals surface area contributed by atoms with Crippen molar-refractivity contribution in [3.05, 3.63) is 52.3 Å². The Morgan fingerprint density at radius 1 is 1.38 bits per heavy atom. The van der Waals surface area contributed by atoms with Crippen LogP contribution in [0.25, 0.3) is 0 Å². The van der Waals surface area contributed by atoms with E-state index >= 15 is 0 Å². The standard InChI is InChI=1S/C18H18ClN3O4/c1-10-7-12(9-13(8-10)22-5-6-26-18(22)25)11(2)20-14-3-4-15(19)21-16(14)17(23)24/h3-4,7-9,11,20H,5-6H2,1-2H3,(H,23,24). The number of carboxylic acid groups (broad SMARTS) is 1. The Balaban J connectivity index is 1.89. The highest BCUT2D eigenvalue weighted by atomic mass is 35.5. The molecule has 1 aromatic heterocycles. The van der Waals surface area contributed by atoms with Crippen molar-refractivity contribution in [2.45, 2.75) is 19.9 Å². The largest absolute Gasteiger partial charge is 0.476 e. The Morgan fingerprint density at radius 2 is 2.15 bits per heavy atom. The van der Waals surface area contributed by atoms with Gasteiger partial charge in [0.25, 0.3) is 0 Å². The molecule has 1 aliphatic heterocycles. The summed E-state index contributed by atoms with van der Waals surface area (Å²) in [6.07, 6.45) is -0.364. The van der Waals surface area contributed by atoms with Crippen molar-refractivity contribution in [1.82, 2.24) is 4.98 Å². The van der Waals surface area contributed by atoms with Crippen LogP contribution in [0, 0.1) is 6.92 Å². The number of pyridine rings is 1. The molecule has 1 aromatic carbocycles. The van der Waals surface area contributed by atoms with Crippen LogP contribution < -0.4 is 10.2 Å². The number of aryl methyl sites for hydroxylation is 1. The molecule has 1 amide bonds. The van der Waals surface area contributed by atoms with Crippen LogP contribution in [-0.4, -0.2) is 35.3 Å². The second-order valence-corrected chi connectivity index (χ2v) is 6.46. The maximum atomic E-state index is 11.8. The van der Waals surface area contributed by atoms with Crippen LogP contribution in [0.2, 0.25) is 5.15 Å². The molecule has 1 fully saturated rings. The molecule has 2 N–H and O–H groups in total. The Bertz CT molecular complexity index is 872. The average molecular weight is 376 g/mol. The number of benzene rings is 1. The summed E-state index contributed by atoms with van der Waals surface area (Å²) < 4.78 is 4.99. The number of aromatic carboxylic acids is 1. The molecule has 0 radical (unpaired) electrons. The Labute approximate surface area is 155 Å². The number of aromatic nitrogens is 1. The molecule has 0 aliphatic carbocycles. The fraction of sp³-hybridized carbons (Fsp3) is 0.278. The number of amides is 1. The molecule has 1 saturated heterocycles. The van der Waals surface area contributed by atoms with Gasteiger partial charge in [0.15, 0.2) is 5.69 Å². The minimum absolute atomic E-state index is 0.117. The van der Waals surface area contributed by atoms with Gasteiger partial charge in [0, 0.05) is 11.7 Å². The van der Waals surface area contributed by atoms with Gasteiger partial charge in [-0.15, -0.1) is 0 Å². The first-order valence-electron chi connectivity index (χ1n) is 8.07. The molecule has 0 saturated carbocycles. The van der Waals surface area contributed by atoms with Crippen molar-refractivity contribution < 1.29 is 19.4 Å². The normalized spacial score (nSPS) is 14.9. The number of hydrogen-bond donors (Lipinski definition) is 2. The van der Waals surface area contributed by atoms with E-state index in [1.807, 2.05) is 32.0 Å². The monoisotopic (exact) mass is 375 g/mol. The summed E-state index contributed by atoms with van der Waals surface area (Å²) in [4.78, 5) is 28.6. The summed E-state index contributed by atoms with van der Waals surface area (Å²) in [7, 11) is 0. The number of hydrogen-bond acceptors (Lipinski definition) is 5. The zero-order valence-electron chi connectivity index (χ0n) is 14.3. The van der Waals surface area contributed by atoms with Crippen LogP contribution in [0.5, 0.6) is 0 Å². The molecule has 8 heteroatoms. The van der Waals surface area contributed by atoms with E-state index in [0.717, 1.165) is 16.8 Å². The van der Waals surface area contributed by atoms with E-state index in [1.54, 1.807) is 11.0 Å². The first-order chi connectivity index (χ1) is 12.3. The molecule has 2 heterocycles. The zero-order valence-corrected chi connectivity index (χ0v) is 15.1. The van der Waals surface area contributed by atoms with E-state index in [4.69, 9.17) is 16.3 Å². The van der Waals surface area contributed by atoms with Gasteiger partial charge >= 0.3 is 12.1 Å². The van der Waals surface area contributed by atoms with Crippen LogP contribution in [0.15, 0.2) is 30.3 Å². The van der Waals surface area contributed by atoms with E-state index < -0.39 is 5.97 Å². The molecule has 7 nitrogen and oxygen atoms in total. The Kier molecular flexibility index (Phi) is 4.99. The summed E-state index contributed by atoms with van der Waals surface area (Å²) in [6.45, 7) is 4.72. The van der Waals surface area contributed by atoms with Crippen LogP contribution in [0.3, 0.4) is 0 Å². The van der Waals surface area contributed by atoms with Gasteiger partial charge < -0.3 is 15.2 Å². The van der Waals surface area contributed by atoms with Gasteiger partial charge in [-0.2, -0.15) is 0 Å². The van der Waals surface area contributed by atoms with Crippen molar-refractivity contribution in [1.29, 1.82) is 0 Å². The van der Waals surface area contributed by atoms with E-state index in [9.17, 15) is 14.7 Å². The lowest BCUT2D eigenvalue weighted by molar-refractivity contribution is 0.0691. The van der Waals surface area contributed by atoms with Crippen molar-refractivity contribution >= 4 is 35.0 Å². The molecular formula is C18H18ClN3O4. The Hall–Kier alpha value is -2.80. The number of anilines is 2. The van der Waals surface area contributed by atoms with E-state index in [-0.39, 0.29) is 23.0 Å². The van der Waals surface area contributed by atoms with Gasteiger partial charge in [-0.1, -0.05) is 17.7 Å². The SMILES string of the molecule is Cc1cc(C(C)Nc2ccc(Cl)nc2C(=O)O)cc(N2CCOC2=O)c1. The Morgan fingerprint density at radius 3 is 2.81 bits per heavy atom. The second-order valence-electron chi connectivity index (χ2n) is 6.07. The molecule has 1 unspecified atom stereocenters. The van der Waals surface area contributed by atoms with E-state index in [2.05, 4.69) is 10.3 Å². The number of carbonyl (C=O) groups excluding carboxylic acids is 1. The van der Waals surface area contributed by atoms with Crippen molar-refractivity contribution in [3.63, 3.8) is 0 Å². The lowest BCUT2D eigenvalue weighted by Gasteiger charge is -2.20. The minimum atomic E-state index is -1.16. The van der Waals surface area contributed by atoms with Gasteiger partial charge in [0.2, 0.25) is 0 Å². The number of cyclic esters (lactones) is 1. The zero-order chi connectivity index (χ0) is 18.8. The lowest BCUT2D eigenvalue weighted by atomic mass is 10.0. The van der Waals surface area contributed by atoms with Crippen LogP contribution in [0.1, 0.15) is 34.6 Å². The number of nitrogens with zero attached hydrogens (tertiary/aromatic N) is 2. The molecule has 1 aliphatic rings.